The number of nitrogens with zero attached hydrogens (tertiary/aromatic N) is 4. The summed E-state index contributed by atoms with van der Waals surface area (Å²) in [6.45, 7) is 2.13. The lowest BCUT2D eigenvalue weighted by Gasteiger charge is -2.17. The number of aromatic nitrogens is 4. The van der Waals surface area contributed by atoms with E-state index in [-0.39, 0.29) is 29.5 Å². The maximum atomic E-state index is 13.5. The second kappa shape index (κ2) is 10.5. The van der Waals surface area contributed by atoms with Gasteiger partial charge in [0.1, 0.15) is 6.04 Å². The van der Waals surface area contributed by atoms with Crippen molar-refractivity contribution in [3.8, 4) is 0 Å². The standard InChI is InChI=1S/C21H23FN8O5/c1-2-9-5-10(18(31)28-14(20(34)35)6-12(22)19(32)33)3-4-13(9)25-7-11-8-26-17-15(27-11)16(23)29-21(24)30-17/h3-5,8,12,14,25H,2,6-7H2,1H3,(H,28,31)(H,32,33)(H,34,35)(H4,23,24,26,29,30)/t12-,14-/m0/s1. The van der Waals surface area contributed by atoms with Crippen LogP contribution in [-0.2, 0) is 22.6 Å². The first-order valence-corrected chi connectivity index (χ1v) is 10.4. The van der Waals surface area contributed by atoms with Gasteiger partial charge < -0.3 is 32.3 Å². The molecule has 0 fully saturated rings. The van der Waals surface area contributed by atoms with Gasteiger partial charge in [0.2, 0.25) is 5.95 Å². The van der Waals surface area contributed by atoms with Crippen LogP contribution in [0, 0.1) is 0 Å². The number of carbonyl (C=O) groups excluding carboxylic acids is 1. The van der Waals surface area contributed by atoms with Gasteiger partial charge in [0, 0.05) is 17.7 Å². The van der Waals surface area contributed by atoms with Crippen LogP contribution in [0.5, 0.6) is 0 Å². The van der Waals surface area contributed by atoms with E-state index in [0.29, 0.717) is 23.3 Å². The van der Waals surface area contributed by atoms with Gasteiger partial charge in [-0.25, -0.2) is 23.9 Å². The Balaban J connectivity index is 1.73. The van der Waals surface area contributed by atoms with E-state index in [1.165, 1.54) is 12.3 Å². The molecule has 35 heavy (non-hydrogen) atoms. The third-order valence-electron chi connectivity index (χ3n) is 5.02. The molecule has 1 aromatic carbocycles. The van der Waals surface area contributed by atoms with E-state index in [0.717, 1.165) is 5.56 Å². The zero-order valence-electron chi connectivity index (χ0n) is 18.5. The van der Waals surface area contributed by atoms with Crippen molar-refractivity contribution < 1.29 is 29.0 Å². The summed E-state index contributed by atoms with van der Waals surface area (Å²) in [5.41, 5.74) is 14.1. The fraction of sp³-hybridized carbons (Fsp3) is 0.286. The summed E-state index contributed by atoms with van der Waals surface area (Å²) in [5.74, 6) is -4.01. The summed E-state index contributed by atoms with van der Waals surface area (Å²) in [7, 11) is 0. The lowest BCUT2D eigenvalue weighted by Crippen LogP contribution is -2.43. The van der Waals surface area contributed by atoms with E-state index < -0.39 is 36.5 Å². The maximum absolute atomic E-state index is 13.5. The van der Waals surface area contributed by atoms with Gasteiger partial charge in [0.05, 0.1) is 18.4 Å². The van der Waals surface area contributed by atoms with E-state index in [2.05, 4.69) is 30.6 Å². The van der Waals surface area contributed by atoms with Gasteiger partial charge in [0.25, 0.3) is 5.91 Å². The monoisotopic (exact) mass is 486 g/mol. The number of aryl methyl sites for hydroxylation is 1. The first kappa shape index (κ1) is 25.0. The van der Waals surface area contributed by atoms with Crippen molar-refractivity contribution in [3.63, 3.8) is 0 Å². The molecule has 0 aliphatic rings. The molecule has 3 rings (SSSR count). The Morgan fingerprint density at radius 3 is 2.51 bits per heavy atom. The van der Waals surface area contributed by atoms with Crippen molar-refractivity contribution >= 4 is 46.5 Å². The highest BCUT2D eigenvalue weighted by Crippen LogP contribution is 2.20. The second-order valence-corrected chi connectivity index (χ2v) is 7.49. The van der Waals surface area contributed by atoms with Gasteiger partial charge in [-0.15, -0.1) is 0 Å². The number of hydrogen-bond acceptors (Lipinski definition) is 10. The molecule has 0 bridgehead atoms. The Morgan fingerprint density at radius 2 is 1.86 bits per heavy atom. The SMILES string of the molecule is CCc1cc(C(=O)N[C@@H](C[C@H](F)C(=O)O)C(=O)O)ccc1NCc1cnc2nc(N)nc(N)c2n1. The normalized spacial score (nSPS) is 12.6. The predicted octanol–water partition coefficient (Wildman–Crippen LogP) is 0.755. The Morgan fingerprint density at radius 1 is 1.11 bits per heavy atom. The fourth-order valence-electron chi connectivity index (χ4n) is 3.22. The number of carboxylic acid groups (broad SMARTS) is 2. The highest BCUT2D eigenvalue weighted by atomic mass is 19.1. The molecule has 3 aromatic rings. The number of amides is 1. The Kier molecular flexibility index (Phi) is 7.53. The second-order valence-electron chi connectivity index (χ2n) is 7.49. The van der Waals surface area contributed by atoms with Crippen molar-refractivity contribution in [2.75, 3.05) is 16.8 Å². The van der Waals surface area contributed by atoms with Gasteiger partial charge in [0.15, 0.2) is 23.2 Å². The third kappa shape index (κ3) is 6.04. The van der Waals surface area contributed by atoms with Crippen molar-refractivity contribution in [2.45, 2.75) is 38.5 Å². The van der Waals surface area contributed by atoms with Gasteiger partial charge in [-0.05, 0) is 30.2 Å². The summed E-state index contributed by atoms with van der Waals surface area (Å²) in [6, 6.07) is 2.95. The number of fused-ring (bicyclic) bond motifs is 1. The molecular formula is C21H23FN8O5. The Bertz CT molecular complexity index is 1290. The van der Waals surface area contributed by atoms with Crippen LogP contribution < -0.4 is 22.1 Å². The minimum atomic E-state index is -2.42. The van der Waals surface area contributed by atoms with Crippen molar-refractivity contribution in [1.29, 1.82) is 0 Å². The van der Waals surface area contributed by atoms with Crippen LogP contribution in [0.3, 0.4) is 0 Å². The number of halogens is 1. The maximum Gasteiger partial charge on any atom is 0.338 e. The van der Waals surface area contributed by atoms with Crippen LogP contribution >= 0.6 is 0 Å². The average Bonchev–Trinajstić information content (AvgIpc) is 2.81. The number of carboxylic acids is 2. The number of rotatable bonds is 10. The predicted molar refractivity (Wildman–Crippen MR) is 123 cm³/mol. The third-order valence-corrected chi connectivity index (χ3v) is 5.02. The van der Waals surface area contributed by atoms with E-state index in [4.69, 9.17) is 16.6 Å². The first-order chi connectivity index (χ1) is 16.6. The van der Waals surface area contributed by atoms with Crippen LogP contribution in [0.2, 0.25) is 0 Å². The van der Waals surface area contributed by atoms with Crippen molar-refractivity contribution in [1.82, 2.24) is 25.3 Å². The molecule has 0 aliphatic heterocycles. The largest absolute Gasteiger partial charge is 0.480 e. The lowest BCUT2D eigenvalue weighted by atomic mass is 10.0. The number of nitrogens with two attached hydrogens (primary N) is 2. The highest BCUT2D eigenvalue weighted by Gasteiger charge is 2.28. The first-order valence-electron chi connectivity index (χ1n) is 10.4. The molecule has 0 saturated carbocycles. The number of alkyl halides is 1. The molecule has 0 spiro atoms. The van der Waals surface area contributed by atoms with Crippen LogP contribution in [0.15, 0.2) is 24.4 Å². The number of anilines is 3. The fourth-order valence-corrected chi connectivity index (χ4v) is 3.22. The molecule has 0 aliphatic carbocycles. The molecule has 8 N–H and O–H groups in total. The van der Waals surface area contributed by atoms with Crippen LogP contribution in [0.1, 0.15) is 35.0 Å². The number of nitrogens with one attached hydrogen (secondary N) is 2. The molecule has 14 heteroatoms. The summed E-state index contributed by atoms with van der Waals surface area (Å²) >= 11 is 0. The molecule has 2 atom stereocenters. The molecule has 2 heterocycles. The molecule has 0 radical (unpaired) electrons. The lowest BCUT2D eigenvalue weighted by molar-refractivity contribution is -0.145. The van der Waals surface area contributed by atoms with Crippen molar-refractivity contribution in [2.24, 2.45) is 0 Å². The number of aliphatic carboxylic acids is 2. The van der Waals surface area contributed by atoms with Gasteiger partial charge in [-0.3, -0.25) is 4.79 Å². The van der Waals surface area contributed by atoms with E-state index in [1.54, 1.807) is 12.1 Å². The zero-order chi connectivity index (χ0) is 25.7. The Labute approximate surface area is 197 Å². The van der Waals surface area contributed by atoms with E-state index in [1.807, 2.05) is 6.92 Å². The summed E-state index contributed by atoms with van der Waals surface area (Å²) in [6.07, 6.45) is -1.28. The molecule has 184 valence electrons. The number of nitrogen functional groups attached to an aromatic ring is 2. The van der Waals surface area contributed by atoms with Crippen molar-refractivity contribution in [3.05, 3.63) is 41.2 Å². The molecular weight excluding hydrogens is 463 g/mol. The number of benzene rings is 1. The number of carbonyl (C=O) groups is 3. The van der Waals surface area contributed by atoms with E-state index in [9.17, 15) is 23.9 Å². The molecule has 0 unspecified atom stereocenters. The Hall–Kier alpha value is -4.62. The average molecular weight is 486 g/mol. The topological polar surface area (TPSA) is 219 Å². The van der Waals surface area contributed by atoms with Crippen LogP contribution in [0.4, 0.5) is 21.8 Å². The molecule has 13 nitrogen and oxygen atoms in total. The van der Waals surface area contributed by atoms with E-state index >= 15 is 0 Å². The smallest absolute Gasteiger partial charge is 0.338 e. The summed E-state index contributed by atoms with van der Waals surface area (Å²) in [4.78, 5) is 51.0. The molecule has 0 saturated heterocycles. The van der Waals surface area contributed by atoms with Gasteiger partial charge in [-0.2, -0.15) is 9.97 Å². The van der Waals surface area contributed by atoms with Crippen LogP contribution in [-0.4, -0.2) is 60.2 Å². The number of hydrogen-bond donors (Lipinski definition) is 6. The minimum absolute atomic E-state index is 0.00652. The quantitative estimate of drug-likeness (QED) is 0.234. The van der Waals surface area contributed by atoms with Gasteiger partial charge in [-0.1, -0.05) is 6.92 Å². The molecule has 1 amide bonds. The zero-order valence-corrected chi connectivity index (χ0v) is 18.5. The van der Waals surface area contributed by atoms with Crippen LogP contribution in [0.25, 0.3) is 11.2 Å². The summed E-state index contributed by atoms with van der Waals surface area (Å²) in [5, 5.41) is 23.2. The summed E-state index contributed by atoms with van der Waals surface area (Å²) < 4.78 is 13.5. The molecule has 2 aromatic heterocycles. The van der Waals surface area contributed by atoms with Gasteiger partial charge >= 0.3 is 11.9 Å². The minimum Gasteiger partial charge on any atom is -0.480 e. The highest BCUT2D eigenvalue weighted by molar-refractivity contribution is 5.97.